The molecule has 0 aliphatic heterocycles. The normalized spacial score (nSPS) is 9.73. The highest BCUT2D eigenvalue weighted by Crippen LogP contribution is 2.25. The molecule has 1 aromatic carbocycles. The van der Waals surface area contributed by atoms with E-state index < -0.39 is 5.82 Å². The summed E-state index contributed by atoms with van der Waals surface area (Å²) in [5, 5.41) is 0.00229. The zero-order chi connectivity index (χ0) is 8.43. The molecule has 0 unspecified atom stereocenters. The highest BCUT2D eigenvalue weighted by Gasteiger charge is 2.07. The maximum Gasteiger partial charge on any atom is 0.156 e. The lowest BCUT2D eigenvalue weighted by Crippen LogP contribution is -1.87. The molecule has 0 saturated carbocycles. The standard InChI is InChI=1S/C7H3BrClFO/c8-6-4(3-11)1-2-5(9)7(6)10/h1-3H. The van der Waals surface area contributed by atoms with Crippen LogP contribution in [0.15, 0.2) is 16.6 Å². The largest absolute Gasteiger partial charge is 0.298 e. The van der Waals surface area contributed by atoms with Crippen molar-refractivity contribution < 1.29 is 9.18 Å². The Morgan fingerprint density at radius 3 is 2.73 bits per heavy atom. The predicted molar refractivity (Wildman–Crippen MR) is 44.5 cm³/mol. The fourth-order valence-corrected chi connectivity index (χ4v) is 1.34. The minimum atomic E-state index is -0.601. The second kappa shape index (κ2) is 3.32. The Kier molecular flexibility index (Phi) is 2.62. The number of hydrogen-bond acceptors (Lipinski definition) is 1. The second-order valence-corrected chi connectivity index (χ2v) is 3.08. The topological polar surface area (TPSA) is 17.1 Å². The molecule has 0 aliphatic rings. The fourth-order valence-electron chi connectivity index (χ4n) is 0.632. The Balaban J connectivity index is 3.36. The van der Waals surface area contributed by atoms with E-state index in [1.807, 2.05) is 0 Å². The molecule has 58 valence electrons. The number of carbonyl (C=O) groups excluding carboxylic acids is 1. The van der Waals surface area contributed by atoms with Gasteiger partial charge in [0.05, 0.1) is 9.50 Å². The summed E-state index contributed by atoms with van der Waals surface area (Å²) in [6.45, 7) is 0. The van der Waals surface area contributed by atoms with Crippen molar-refractivity contribution in [1.29, 1.82) is 0 Å². The molecular weight excluding hydrogens is 234 g/mol. The summed E-state index contributed by atoms with van der Waals surface area (Å²) >= 11 is 8.32. The van der Waals surface area contributed by atoms with Crippen LogP contribution in [0, 0.1) is 5.82 Å². The predicted octanol–water partition coefficient (Wildman–Crippen LogP) is 3.05. The number of rotatable bonds is 1. The molecule has 0 heterocycles. The molecule has 0 bridgehead atoms. The highest BCUT2D eigenvalue weighted by molar-refractivity contribution is 9.10. The van der Waals surface area contributed by atoms with Crippen molar-refractivity contribution in [2.24, 2.45) is 0 Å². The van der Waals surface area contributed by atoms with Gasteiger partial charge in [-0.25, -0.2) is 4.39 Å². The van der Waals surface area contributed by atoms with Crippen molar-refractivity contribution >= 4 is 33.8 Å². The molecular formula is C7H3BrClFO. The monoisotopic (exact) mass is 236 g/mol. The molecule has 0 radical (unpaired) electrons. The third-order valence-electron chi connectivity index (χ3n) is 1.19. The van der Waals surface area contributed by atoms with Gasteiger partial charge < -0.3 is 0 Å². The number of aldehydes is 1. The first-order valence-corrected chi connectivity index (χ1v) is 3.92. The van der Waals surface area contributed by atoms with Gasteiger partial charge in [-0.05, 0) is 28.1 Å². The first-order valence-electron chi connectivity index (χ1n) is 2.75. The van der Waals surface area contributed by atoms with E-state index in [2.05, 4.69) is 15.9 Å². The highest BCUT2D eigenvalue weighted by atomic mass is 79.9. The minimum absolute atomic E-state index is 0.00229. The SMILES string of the molecule is O=Cc1ccc(Cl)c(F)c1Br. The molecule has 0 amide bonds. The van der Waals surface area contributed by atoms with E-state index in [1.54, 1.807) is 0 Å². The molecule has 0 fully saturated rings. The van der Waals surface area contributed by atoms with Crippen LogP contribution >= 0.6 is 27.5 Å². The molecule has 0 aliphatic carbocycles. The lowest BCUT2D eigenvalue weighted by Gasteiger charge is -1.98. The summed E-state index contributed by atoms with van der Waals surface area (Å²) < 4.78 is 13.0. The average Bonchev–Trinajstić information content (AvgIpc) is 2.01. The molecule has 0 atom stereocenters. The van der Waals surface area contributed by atoms with Crippen LogP contribution in [0.4, 0.5) is 4.39 Å². The number of halogens is 3. The van der Waals surface area contributed by atoms with Crippen molar-refractivity contribution in [2.45, 2.75) is 0 Å². The lowest BCUT2D eigenvalue weighted by molar-refractivity contribution is 0.112. The van der Waals surface area contributed by atoms with Gasteiger partial charge in [-0.1, -0.05) is 11.6 Å². The summed E-state index contributed by atoms with van der Waals surface area (Å²) in [4.78, 5) is 10.3. The minimum Gasteiger partial charge on any atom is -0.298 e. The van der Waals surface area contributed by atoms with Gasteiger partial charge in [0.2, 0.25) is 0 Å². The Labute approximate surface area is 76.3 Å². The van der Waals surface area contributed by atoms with Gasteiger partial charge in [0, 0.05) is 5.56 Å². The van der Waals surface area contributed by atoms with E-state index in [4.69, 9.17) is 11.6 Å². The van der Waals surface area contributed by atoms with Crippen molar-refractivity contribution in [3.63, 3.8) is 0 Å². The van der Waals surface area contributed by atoms with Gasteiger partial charge in [0.1, 0.15) is 0 Å². The molecule has 0 N–H and O–H groups in total. The maximum atomic E-state index is 12.8. The molecule has 0 aromatic heterocycles. The lowest BCUT2D eigenvalue weighted by atomic mass is 10.2. The van der Waals surface area contributed by atoms with E-state index in [1.165, 1.54) is 12.1 Å². The van der Waals surface area contributed by atoms with E-state index in [9.17, 15) is 9.18 Å². The first kappa shape index (κ1) is 8.68. The van der Waals surface area contributed by atoms with Crippen LogP contribution in [-0.4, -0.2) is 6.29 Å². The molecule has 4 heteroatoms. The van der Waals surface area contributed by atoms with Crippen molar-refractivity contribution in [3.8, 4) is 0 Å². The van der Waals surface area contributed by atoms with Crippen LogP contribution in [-0.2, 0) is 0 Å². The van der Waals surface area contributed by atoms with Crippen LogP contribution in [0.25, 0.3) is 0 Å². The second-order valence-electron chi connectivity index (χ2n) is 1.88. The van der Waals surface area contributed by atoms with E-state index in [0.29, 0.717) is 6.29 Å². The van der Waals surface area contributed by atoms with Gasteiger partial charge in [-0.2, -0.15) is 0 Å². The van der Waals surface area contributed by atoms with Gasteiger partial charge >= 0.3 is 0 Å². The van der Waals surface area contributed by atoms with Gasteiger partial charge in [-0.3, -0.25) is 4.79 Å². The third-order valence-corrected chi connectivity index (χ3v) is 2.29. The van der Waals surface area contributed by atoms with Crippen LogP contribution in [0.3, 0.4) is 0 Å². The Bertz CT molecular complexity index is 301. The third kappa shape index (κ3) is 1.60. The zero-order valence-corrected chi connectivity index (χ0v) is 7.62. The average molecular weight is 237 g/mol. The fraction of sp³-hybridized carbons (Fsp3) is 0. The van der Waals surface area contributed by atoms with Gasteiger partial charge in [-0.15, -0.1) is 0 Å². The zero-order valence-electron chi connectivity index (χ0n) is 5.27. The number of hydrogen-bond donors (Lipinski definition) is 0. The number of benzene rings is 1. The smallest absolute Gasteiger partial charge is 0.156 e. The van der Waals surface area contributed by atoms with E-state index in [0.717, 1.165) is 0 Å². The van der Waals surface area contributed by atoms with Crippen LogP contribution in [0.5, 0.6) is 0 Å². The summed E-state index contributed by atoms with van der Waals surface area (Å²) in [6, 6.07) is 2.79. The molecule has 0 spiro atoms. The van der Waals surface area contributed by atoms with Gasteiger partial charge in [0.25, 0.3) is 0 Å². The molecule has 0 saturated heterocycles. The van der Waals surface area contributed by atoms with Gasteiger partial charge in [0.15, 0.2) is 12.1 Å². The van der Waals surface area contributed by atoms with Crippen LogP contribution < -0.4 is 0 Å². The van der Waals surface area contributed by atoms with Crippen LogP contribution in [0.1, 0.15) is 10.4 Å². The summed E-state index contributed by atoms with van der Waals surface area (Å²) in [7, 11) is 0. The molecule has 1 rings (SSSR count). The Morgan fingerprint density at radius 2 is 2.18 bits per heavy atom. The molecule has 1 nitrogen and oxygen atoms in total. The molecule has 1 aromatic rings. The summed E-state index contributed by atoms with van der Waals surface area (Å²) in [5.74, 6) is -0.601. The van der Waals surface area contributed by atoms with E-state index >= 15 is 0 Å². The van der Waals surface area contributed by atoms with Crippen LogP contribution in [0.2, 0.25) is 5.02 Å². The summed E-state index contributed by atoms with van der Waals surface area (Å²) in [6.07, 6.45) is 0.559. The quantitative estimate of drug-likeness (QED) is 0.542. The maximum absolute atomic E-state index is 12.8. The number of carbonyl (C=O) groups is 1. The Morgan fingerprint density at radius 1 is 1.55 bits per heavy atom. The summed E-state index contributed by atoms with van der Waals surface area (Å²) in [5.41, 5.74) is 0.256. The van der Waals surface area contributed by atoms with E-state index in [-0.39, 0.29) is 15.1 Å². The van der Waals surface area contributed by atoms with Crippen molar-refractivity contribution in [2.75, 3.05) is 0 Å². The molecule has 11 heavy (non-hydrogen) atoms. The van der Waals surface area contributed by atoms with Crippen molar-refractivity contribution in [1.82, 2.24) is 0 Å². The first-order chi connectivity index (χ1) is 5.16. The van der Waals surface area contributed by atoms with Crippen molar-refractivity contribution in [3.05, 3.63) is 33.0 Å². The Hall–Kier alpha value is -0.410.